The van der Waals surface area contributed by atoms with Gasteiger partial charge in [0.1, 0.15) is 30.4 Å². The maximum Gasteiger partial charge on any atom is 0.126 e. The van der Waals surface area contributed by atoms with Gasteiger partial charge in [0.05, 0.1) is 47.5 Å². The maximum atomic E-state index is 12.5. The van der Waals surface area contributed by atoms with Crippen LogP contribution in [0.1, 0.15) is 22.8 Å². The molecule has 0 atom stereocenters. The van der Waals surface area contributed by atoms with E-state index in [-0.39, 0.29) is 11.0 Å². The molecular weight excluding hydrogens is 760 g/mol. The summed E-state index contributed by atoms with van der Waals surface area (Å²) in [6.07, 6.45) is 6.79. The first-order valence-electron chi connectivity index (χ1n) is 14.0. The Morgan fingerprint density at radius 3 is 1.45 bits per heavy atom. The predicted molar refractivity (Wildman–Crippen MR) is 181 cm³/mol. The fraction of sp³-hybridized carbons (Fsp3) is 0. The van der Waals surface area contributed by atoms with Gasteiger partial charge in [-0.3, -0.25) is 0 Å². The lowest BCUT2D eigenvalue weighted by Gasteiger charge is -2.09. The number of benzene rings is 2. The van der Waals surface area contributed by atoms with Crippen LogP contribution in [0.15, 0.2) is 92.0 Å². The van der Waals surface area contributed by atoms with Crippen molar-refractivity contribution >= 4 is 92.7 Å². The average molecular weight is 779 g/mol. The Bertz CT molecular complexity index is 2790. The summed E-state index contributed by atoms with van der Waals surface area (Å²) < 4.78 is 107. The van der Waals surface area contributed by atoms with E-state index in [1.54, 1.807) is 36.4 Å². The lowest BCUT2D eigenvalue weighted by atomic mass is 10.0. The van der Waals surface area contributed by atoms with Crippen LogP contribution < -0.4 is 0 Å². The smallest absolute Gasteiger partial charge is 0.126 e. The molecule has 0 saturated carbocycles. The highest BCUT2D eigenvalue weighted by Crippen LogP contribution is 2.36. The molecule has 2 aromatic carbocycles. The SMILES string of the molecule is O=S(=O)([O-])c1ccc(-c2c3nc(c(Br)c4nc(c(-c5ccc(S(=O)(=O)[O-])cc5)c5cc(S(=O)(=O)[O-])c(cc6ccc2[nH]6)[nH]5)C=C4)C=C3)cc1. The van der Waals surface area contributed by atoms with Crippen molar-refractivity contribution in [2.24, 2.45) is 0 Å². The lowest BCUT2D eigenvalue weighted by Crippen LogP contribution is -1.98. The summed E-state index contributed by atoms with van der Waals surface area (Å²) in [6.45, 7) is 0. The summed E-state index contributed by atoms with van der Waals surface area (Å²) in [5, 5.41) is 0. The number of hydrogen-bond acceptors (Lipinski definition) is 11. The van der Waals surface area contributed by atoms with Crippen LogP contribution in [-0.2, 0) is 30.4 Å². The largest absolute Gasteiger partial charge is 0.744 e. The fourth-order valence-electron chi connectivity index (χ4n) is 5.54. The number of H-pyrrole nitrogens is 2. The predicted octanol–water partition coefficient (Wildman–Crippen LogP) is 5.46. The van der Waals surface area contributed by atoms with E-state index in [0.29, 0.717) is 60.5 Å². The molecular formula is C32H18BrN4O9S3-3. The third kappa shape index (κ3) is 6.28. The van der Waals surface area contributed by atoms with Crippen LogP contribution in [0.25, 0.3) is 68.6 Å². The molecule has 2 aliphatic rings. The van der Waals surface area contributed by atoms with E-state index < -0.39 is 45.0 Å². The molecule has 17 heteroatoms. The van der Waals surface area contributed by atoms with Crippen molar-refractivity contribution in [3.63, 3.8) is 0 Å². The van der Waals surface area contributed by atoms with Gasteiger partial charge in [-0.1, -0.05) is 24.3 Å². The van der Waals surface area contributed by atoms with Gasteiger partial charge >= 0.3 is 0 Å². The Labute approximate surface area is 287 Å². The van der Waals surface area contributed by atoms with Crippen LogP contribution in [0.3, 0.4) is 0 Å². The minimum Gasteiger partial charge on any atom is -0.744 e. The molecule has 0 amide bonds. The van der Waals surface area contributed by atoms with Crippen LogP contribution in [-0.4, -0.2) is 58.8 Å². The van der Waals surface area contributed by atoms with Gasteiger partial charge in [-0.25, -0.2) is 35.2 Å². The van der Waals surface area contributed by atoms with Crippen molar-refractivity contribution in [2.75, 3.05) is 0 Å². The van der Waals surface area contributed by atoms with Crippen LogP contribution in [0.2, 0.25) is 0 Å². The van der Waals surface area contributed by atoms with Gasteiger partial charge in [0, 0.05) is 27.7 Å². The Balaban J connectivity index is 1.60. The van der Waals surface area contributed by atoms with Gasteiger partial charge < -0.3 is 23.6 Å². The topological polar surface area (TPSA) is 229 Å². The summed E-state index contributed by atoms with van der Waals surface area (Å²) in [4.78, 5) is 14.3. The molecule has 49 heavy (non-hydrogen) atoms. The average Bonchev–Trinajstić information content (AvgIpc) is 3.85. The van der Waals surface area contributed by atoms with Crippen molar-refractivity contribution in [3.8, 4) is 22.3 Å². The van der Waals surface area contributed by atoms with E-state index in [9.17, 15) is 38.9 Å². The molecule has 0 spiro atoms. The number of halogens is 1. The van der Waals surface area contributed by atoms with E-state index in [2.05, 4.69) is 25.9 Å². The molecule has 13 nitrogen and oxygen atoms in total. The number of hydrogen-bond donors (Lipinski definition) is 2. The van der Waals surface area contributed by atoms with Gasteiger partial charge in [0.25, 0.3) is 0 Å². The molecule has 0 fully saturated rings. The van der Waals surface area contributed by atoms with Gasteiger partial charge in [0.15, 0.2) is 0 Å². The third-order valence-corrected chi connectivity index (χ3v) is 11.1. The van der Waals surface area contributed by atoms with Crippen molar-refractivity contribution in [3.05, 3.63) is 100 Å². The number of aromatic amines is 2. The minimum atomic E-state index is -5.04. The molecule has 0 unspecified atom stereocenters. The number of fused-ring (bicyclic) bond motifs is 8. The molecule has 3 aromatic heterocycles. The standard InChI is InChI=1S/C32H21BrN4O9S3/c33-32-25-13-11-23(35-25)30(17-1-6-20(7-2-17)47(38,39)40)22-10-5-19(34-22)15-27-29(49(44,45)46)16-28(37-27)31(24-12-14-26(32)36-24)18-3-8-21(9-4-18)48(41,42)43/h1-16,34,37H,(H,38,39,40)(H,41,42,43)(H,44,45,46)/p-3. The summed E-state index contributed by atoms with van der Waals surface area (Å²) in [5.74, 6) is 0. The first-order chi connectivity index (χ1) is 23.1. The molecule has 0 radical (unpaired) electrons. The molecule has 0 saturated heterocycles. The van der Waals surface area contributed by atoms with Crippen molar-refractivity contribution in [1.82, 2.24) is 19.9 Å². The summed E-state index contributed by atoms with van der Waals surface area (Å²) in [7, 11) is -14.5. The zero-order chi connectivity index (χ0) is 34.9. The molecule has 7 rings (SSSR count). The second-order valence-electron chi connectivity index (χ2n) is 10.8. The molecule has 2 aliphatic heterocycles. The van der Waals surface area contributed by atoms with E-state index in [1.807, 2.05) is 0 Å². The fourth-order valence-corrected chi connectivity index (χ4v) is 7.56. The summed E-state index contributed by atoms with van der Waals surface area (Å²) in [5.41, 5.74) is 4.33. The van der Waals surface area contributed by atoms with Crippen LogP contribution in [0.4, 0.5) is 0 Å². The summed E-state index contributed by atoms with van der Waals surface area (Å²) >= 11 is 3.58. The molecule has 8 bridgehead atoms. The monoisotopic (exact) mass is 777 g/mol. The lowest BCUT2D eigenvalue weighted by molar-refractivity contribution is 0.461. The molecule has 0 aliphatic carbocycles. The third-order valence-electron chi connectivity index (χ3n) is 7.73. The Morgan fingerprint density at radius 1 is 0.510 bits per heavy atom. The van der Waals surface area contributed by atoms with E-state index in [0.717, 1.165) is 18.2 Å². The number of nitrogens with zero attached hydrogens (tertiary/aromatic N) is 2. The van der Waals surface area contributed by atoms with Crippen molar-refractivity contribution in [1.29, 1.82) is 0 Å². The first kappa shape index (κ1) is 32.8. The molecule has 248 valence electrons. The quantitative estimate of drug-likeness (QED) is 0.208. The van der Waals surface area contributed by atoms with Gasteiger partial charge in [-0.2, -0.15) is 0 Å². The van der Waals surface area contributed by atoms with Crippen molar-refractivity contribution in [2.45, 2.75) is 14.7 Å². The van der Waals surface area contributed by atoms with Gasteiger partial charge in [0.2, 0.25) is 0 Å². The highest BCUT2D eigenvalue weighted by Gasteiger charge is 2.19. The van der Waals surface area contributed by atoms with E-state index in [4.69, 9.17) is 9.97 Å². The van der Waals surface area contributed by atoms with Crippen LogP contribution in [0, 0.1) is 0 Å². The summed E-state index contributed by atoms with van der Waals surface area (Å²) in [6, 6.07) is 16.2. The second kappa shape index (κ2) is 11.7. The molecule has 5 heterocycles. The normalized spacial score (nSPS) is 13.2. The maximum absolute atomic E-state index is 12.5. The first-order valence-corrected chi connectivity index (χ1v) is 19.0. The number of rotatable bonds is 5. The van der Waals surface area contributed by atoms with E-state index in [1.165, 1.54) is 42.5 Å². The van der Waals surface area contributed by atoms with Gasteiger partial charge in [-0.05, 0) is 99.9 Å². The molecule has 5 aromatic rings. The zero-order valence-electron chi connectivity index (χ0n) is 24.4. The second-order valence-corrected chi connectivity index (χ2v) is 15.7. The van der Waals surface area contributed by atoms with Crippen molar-refractivity contribution < 1.29 is 38.9 Å². The van der Waals surface area contributed by atoms with Crippen LogP contribution >= 0.6 is 15.9 Å². The Kier molecular flexibility index (Phi) is 7.82. The minimum absolute atomic E-state index is 0.0680. The van der Waals surface area contributed by atoms with Gasteiger partial charge in [-0.15, -0.1) is 0 Å². The molecule has 2 N–H and O–H groups in total. The van der Waals surface area contributed by atoms with E-state index >= 15 is 0 Å². The highest BCUT2D eigenvalue weighted by molar-refractivity contribution is 9.10. The highest BCUT2D eigenvalue weighted by atomic mass is 79.9. The number of aromatic nitrogens is 4. The zero-order valence-corrected chi connectivity index (χ0v) is 28.4. The van der Waals surface area contributed by atoms with Crippen LogP contribution in [0.5, 0.6) is 0 Å². The Morgan fingerprint density at radius 2 is 0.980 bits per heavy atom. The number of nitrogens with one attached hydrogen (secondary N) is 2. The Hall–Kier alpha value is -4.75.